The summed E-state index contributed by atoms with van der Waals surface area (Å²) in [6.07, 6.45) is 13.0. The number of hydrogen-bond acceptors (Lipinski definition) is 2. The highest BCUT2D eigenvalue weighted by atomic mass is 15.3. The van der Waals surface area contributed by atoms with E-state index < -0.39 is 0 Å². The van der Waals surface area contributed by atoms with Crippen molar-refractivity contribution in [3.63, 3.8) is 0 Å². The molecule has 18 heavy (non-hydrogen) atoms. The Bertz CT molecular complexity index is 266. The van der Waals surface area contributed by atoms with Crippen molar-refractivity contribution in [2.75, 3.05) is 19.6 Å². The second-order valence-corrected chi connectivity index (χ2v) is 6.91. The number of hydrogen-bond donors (Lipinski definition) is 1. The molecule has 1 aliphatic heterocycles. The maximum atomic E-state index is 3.91. The van der Waals surface area contributed by atoms with Crippen molar-refractivity contribution in [2.45, 2.75) is 76.3 Å². The van der Waals surface area contributed by atoms with Crippen LogP contribution < -0.4 is 5.32 Å². The molecular weight excluding hydrogens is 220 g/mol. The van der Waals surface area contributed by atoms with E-state index in [4.69, 9.17) is 0 Å². The van der Waals surface area contributed by atoms with Crippen LogP contribution in [0.1, 0.15) is 64.7 Å². The lowest BCUT2D eigenvalue weighted by Gasteiger charge is -2.52. The smallest absolute Gasteiger partial charge is 0.0334 e. The first-order chi connectivity index (χ1) is 8.84. The van der Waals surface area contributed by atoms with Crippen molar-refractivity contribution in [2.24, 2.45) is 5.92 Å². The van der Waals surface area contributed by atoms with Gasteiger partial charge in [0.25, 0.3) is 0 Å². The van der Waals surface area contributed by atoms with Crippen LogP contribution in [0.15, 0.2) is 0 Å². The molecule has 2 saturated carbocycles. The lowest BCUT2D eigenvalue weighted by molar-refractivity contribution is 0.00538. The van der Waals surface area contributed by atoms with E-state index in [0.717, 1.165) is 12.0 Å². The molecule has 0 radical (unpaired) electrons. The Balaban J connectivity index is 1.66. The third-order valence-electron chi connectivity index (χ3n) is 5.54. The first kappa shape index (κ1) is 12.9. The Hall–Kier alpha value is -0.0800. The van der Waals surface area contributed by atoms with Crippen molar-refractivity contribution < 1.29 is 0 Å². The Morgan fingerprint density at radius 1 is 1.17 bits per heavy atom. The zero-order valence-corrected chi connectivity index (χ0v) is 12.1. The summed E-state index contributed by atoms with van der Waals surface area (Å²) in [4.78, 5) is 2.90. The van der Waals surface area contributed by atoms with Gasteiger partial charge in [0.15, 0.2) is 0 Å². The Morgan fingerprint density at radius 2 is 1.94 bits per heavy atom. The molecule has 2 aliphatic carbocycles. The normalized spacial score (nSPS) is 32.8. The monoisotopic (exact) mass is 250 g/mol. The largest absolute Gasteiger partial charge is 0.311 e. The van der Waals surface area contributed by atoms with Crippen LogP contribution >= 0.6 is 0 Å². The van der Waals surface area contributed by atoms with E-state index in [1.807, 2.05) is 0 Å². The first-order valence-electron chi connectivity index (χ1n) is 8.32. The van der Waals surface area contributed by atoms with Gasteiger partial charge in [0.2, 0.25) is 0 Å². The lowest BCUT2D eigenvalue weighted by Crippen LogP contribution is -2.65. The molecule has 2 heteroatoms. The van der Waals surface area contributed by atoms with E-state index in [2.05, 4.69) is 17.1 Å². The van der Waals surface area contributed by atoms with Gasteiger partial charge in [-0.05, 0) is 44.6 Å². The third kappa shape index (κ3) is 2.60. The van der Waals surface area contributed by atoms with Crippen LogP contribution in [-0.2, 0) is 0 Å². The predicted molar refractivity (Wildman–Crippen MR) is 76.8 cm³/mol. The van der Waals surface area contributed by atoms with Crippen LogP contribution in [0.4, 0.5) is 0 Å². The topological polar surface area (TPSA) is 15.3 Å². The van der Waals surface area contributed by atoms with Crippen LogP contribution in [-0.4, -0.2) is 36.1 Å². The van der Waals surface area contributed by atoms with Gasteiger partial charge >= 0.3 is 0 Å². The van der Waals surface area contributed by atoms with E-state index in [1.165, 1.54) is 77.4 Å². The SMILES string of the molecule is CCCCN1CC(C2CC2)NCC12CCCCC2. The van der Waals surface area contributed by atoms with Gasteiger partial charge in [0.05, 0.1) is 0 Å². The highest BCUT2D eigenvalue weighted by Crippen LogP contribution is 2.40. The molecular formula is C16H30N2. The molecule has 2 nitrogen and oxygen atoms in total. The molecule has 1 spiro atoms. The average Bonchev–Trinajstić information content (AvgIpc) is 3.23. The fourth-order valence-electron chi connectivity index (χ4n) is 4.12. The fourth-order valence-corrected chi connectivity index (χ4v) is 4.12. The number of rotatable bonds is 4. The van der Waals surface area contributed by atoms with Crippen molar-refractivity contribution in [1.29, 1.82) is 0 Å². The summed E-state index contributed by atoms with van der Waals surface area (Å²) in [5.74, 6) is 1.01. The van der Waals surface area contributed by atoms with Crippen LogP contribution in [0.5, 0.6) is 0 Å². The summed E-state index contributed by atoms with van der Waals surface area (Å²) in [7, 11) is 0. The summed E-state index contributed by atoms with van der Waals surface area (Å²) < 4.78 is 0. The van der Waals surface area contributed by atoms with E-state index in [-0.39, 0.29) is 0 Å². The molecule has 0 aromatic carbocycles. The van der Waals surface area contributed by atoms with Crippen molar-refractivity contribution in [1.82, 2.24) is 10.2 Å². The summed E-state index contributed by atoms with van der Waals surface area (Å²) in [6.45, 7) is 6.29. The Morgan fingerprint density at radius 3 is 2.61 bits per heavy atom. The highest BCUT2D eigenvalue weighted by molar-refractivity contribution is 5.03. The van der Waals surface area contributed by atoms with E-state index in [0.29, 0.717) is 5.54 Å². The van der Waals surface area contributed by atoms with E-state index in [1.54, 1.807) is 0 Å². The molecule has 0 bridgehead atoms. The van der Waals surface area contributed by atoms with E-state index in [9.17, 15) is 0 Å². The maximum absolute atomic E-state index is 3.91. The summed E-state index contributed by atoms with van der Waals surface area (Å²) in [5, 5.41) is 3.91. The molecule has 1 heterocycles. The van der Waals surface area contributed by atoms with Crippen LogP contribution in [0, 0.1) is 5.92 Å². The van der Waals surface area contributed by atoms with Gasteiger partial charge in [-0.25, -0.2) is 0 Å². The van der Waals surface area contributed by atoms with Gasteiger partial charge in [-0.15, -0.1) is 0 Å². The summed E-state index contributed by atoms with van der Waals surface area (Å²) in [6, 6.07) is 0.814. The van der Waals surface area contributed by atoms with Crippen LogP contribution in [0.25, 0.3) is 0 Å². The van der Waals surface area contributed by atoms with Crippen molar-refractivity contribution in [3.05, 3.63) is 0 Å². The standard InChI is InChI=1S/C16H30N2/c1-2-3-11-18-12-15(14-7-8-14)17-13-16(18)9-5-4-6-10-16/h14-15,17H,2-13H2,1H3. The molecule has 0 aromatic heterocycles. The molecule has 0 amide bonds. The molecule has 1 N–H and O–H groups in total. The molecule has 1 unspecified atom stereocenters. The number of nitrogens with one attached hydrogen (secondary N) is 1. The zero-order chi connectivity index (χ0) is 12.4. The molecule has 0 aromatic rings. The van der Waals surface area contributed by atoms with Crippen molar-refractivity contribution in [3.8, 4) is 0 Å². The summed E-state index contributed by atoms with van der Waals surface area (Å²) in [5.41, 5.74) is 0.540. The first-order valence-corrected chi connectivity index (χ1v) is 8.32. The third-order valence-corrected chi connectivity index (χ3v) is 5.54. The zero-order valence-electron chi connectivity index (χ0n) is 12.1. The Labute approximate surface area is 113 Å². The van der Waals surface area contributed by atoms with Crippen LogP contribution in [0.3, 0.4) is 0 Å². The molecule has 3 aliphatic rings. The summed E-state index contributed by atoms with van der Waals surface area (Å²) >= 11 is 0. The minimum atomic E-state index is 0.540. The predicted octanol–water partition coefficient (Wildman–Crippen LogP) is 3.17. The quantitative estimate of drug-likeness (QED) is 0.824. The van der Waals surface area contributed by atoms with Gasteiger partial charge in [-0.1, -0.05) is 32.6 Å². The van der Waals surface area contributed by atoms with Crippen LogP contribution in [0.2, 0.25) is 0 Å². The molecule has 1 atom stereocenters. The van der Waals surface area contributed by atoms with Gasteiger partial charge in [-0.3, -0.25) is 4.90 Å². The lowest BCUT2D eigenvalue weighted by atomic mass is 9.78. The molecule has 3 fully saturated rings. The van der Waals surface area contributed by atoms with Gasteiger partial charge in [-0.2, -0.15) is 0 Å². The van der Waals surface area contributed by atoms with Gasteiger partial charge < -0.3 is 5.32 Å². The number of nitrogens with zero attached hydrogens (tertiary/aromatic N) is 1. The minimum Gasteiger partial charge on any atom is -0.311 e. The van der Waals surface area contributed by atoms with Gasteiger partial charge in [0, 0.05) is 24.7 Å². The second kappa shape index (κ2) is 5.50. The molecule has 3 rings (SSSR count). The highest BCUT2D eigenvalue weighted by Gasteiger charge is 2.44. The average molecular weight is 250 g/mol. The molecule has 1 saturated heterocycles. The Kier molecular flexibility index (Phi) is 3.95. The second-order valence-electron chi connectivity index (χ2n) is 6.91. The van der Waals surface area contributed by atoms with Gasteiger partial charge in [0.1, 0.15) is 0 Å². The van der Waals surface area contributed by atoms with E-state index >= 15 is 0 Å². The fraction of sp³-hybridized carbons (Fsp3) is 1.00. The minimum absolute atomic E-state index is 0.540. The molecule has 104 valence electrons. The van der Waals surface area contributed by atoms with Crippen molar-refractivity contribution >= 4 is 0 Å². The number of piperazine rings is 1. The maximum Gasteiger partial charge on any atom is 0.0334 e. The number of unbranched alkanes of at least 4 members (excludes halogenated alkanes) is 1.